The second-order valence-corrected chi connectivity index (χ2v) is 4.89. The van der Waals surface area contributed by atoms with Gasteiger partial charge in [0.05, 0.1) is 26.0 Å². The number of hydrogen-bond acceptors (Lipinski definition) is 3. The highest BCUT2D eigenvalue weighted by atomic mass is 16.5. The van der Waals surface area contributed by atoms with Crippen molar-refractivity contribution < 1.29 is 4.74 Å². The summed E-state index contributed by atoms with van der Waals surface area (Å²) in [6.07, 6.45) is 7.45. The van der Waals surface area contributed by atoms with Gasteiger partial charge in [0.1, 0.15) is 5.75 Å². The van der Waals surface area contributed by atoms with Gasteiger partial charge in [0.2, 0.25) is 0 Å². The van der Waals surface area contributed by atoms with Crippen molar-refractivity contribution in [2.75, 3.05) is 13.7 Å². The molecule has 0 aromatic heterocycles. The molecule has 18 heavy (non-hydrogen) atoms. The van der Waals surface area contributed by atoms with Gasteiger partial charge in [0.15, 0.2) is 0 Å². The molecule has 0 bridgehead atoms. The normalized spacial score (nSPS) is 21.2. The first kappa shape index (κ1) is 11.3. The first-order chi connectivity index (χ1) is 8.86. The summed E-state index contributed by atoms with van der Waals surface area (Å²) in [5.41, 5.74) is 4.17. The van der Waals surface area contributed by atoms with Crippen LogP contribution in [0.1, 0.15) is 24.0 Å². The van der Waals surface area contributed by atoms with Crippen LogP contribution in [0, 0.1) is 0 Å². The molecule has 3 heteroatoms. The summed E-state index contributed by atoms with van der Waals surface area (Å²) in [7, 11) is 1.74. The Kier molecular flexibility index (Phi) is 3.05. The Labute approximate surface area is 108 Å². The van der Waals surface area contributed by atoms with Gasteiger partial charge in [-0.05, 0) is 30.9 Å². The van der Waals surface area contributed by atoms with E-state index >= 15 is 0 Å². The average Bonchev–Trinajstić information content (AvgIpc) is 2.90. The standard InChI is InChI=1S/C15H18N2O/c1-18-15-4-2-3-12-7-11(5-6-14(12)15)8-13-9-16-10-17-13/h2-4,7,10,13H,5-6,8-9H2,1H3,(H,16,17). The van der Waals surface area contributed by atoms with Crippen LogP contribution in [0.4, 0.5) is 0 Å². The number of fused-ring (bicyclic) bond motifs is 1. The summed E-state index contributed by atoms with van der Waals surface area (Å²) >= 11 is 0. The number of aliphatic imine (C=N–C) groups is 1. The van der Waals surface area contributed by atoms with E-state index in [4.69, 9.17) is 4.74 Å². The van der Waals surface area contributed by atoms with Crippen LogP contribution < -0.4 is 10.1 Å². The number of benzene rings is 1. The molecule has 94 valence electrons. The summed E-state index contributed by atoms with van der Waals surface area (Å²) in [5, 5.41) is 3.29. The van der Waals surface area contributed by atoms with Crippen molar-refractivity contribution in [2.45, 2.75) is 25.3 Å². The lowest BCUT2D eigenvalue weighted by Gasteiger charge is -2.20. The molecular weight excluding hydrogens is 224 g/mol. The molecular formula is C15H18N2O. The maximum atomic E-state index is 5.42. The van der Waals surface area contributed by atoms with Crippen LogP contribution in [0.5, 0.6) is 5.75 Å². The van der Waals surface area contributed by atoms with E-state index in [0.717, 1.165) is 31.6 Å². The fourth-order valence-corrected chi connectivity index (χ4v) is 2.75. The van der Waals surface area contributed by atoms with Gasteiger partial charge in [-0.1, -0.05) is 23.8 Å². The number of methoxy groups -OCH3 is 1. The second-order valence-electron chi connectivity index (χ2n) is 4.89. The van der Waals surface area contributed by atoms with Crippen LogP contribution in [0.2, 0.25) is 0 Å². The lowest BCUT2D eigenvalue weighted by molar-refractivity contribution is 0.409. The van der Waals surface area contributed by atoms with Crippen LogP contribution >= 0.6 is 0 Å². The van der Waals surface area contributed by atoms with Gasteiger partial charge in [-0.25, -0.2) is 0 Å². The van der Waals surface area contributed by atoms with Gasteiger partial charge in [-0.2, -0.15) is 0 Å². The van der Waals surface area contributed by atoms with Gasteiger partial charge in [-0.3, -0.25) is 4.99 Å². The molecule has 1 unspecified atom stereocenters. The molecule has 3 nitrogen and oxygen atoms in total. The summed E-state index contributed by atoms with van der Waals surface area (Å²) in [6, 6.07) is 6.77. The highest BCUT2D eigenvalue weighted by Gasteiger charge is 2.18. The number of ether oxygens (including phenoxy) is 1. The molecule has 1 aliphatic carbocycles. The number of nitrogens with one attached hydrogen (secondary N) is 1. The first-order valence-corrected chi connectivity index (χ1v) is 6.46. The maximum absolute atomic E-state index is 5.42. The lowest BCUT2D eigenvalue weighted by Crippen LogP contribution is -2.25. The molecule has 1 atom stereocenters. The molecule has 1 aliphatic heterocycles. The van der Waals surface area contributed by atoms with Crippen LogP contribution in [-0.2, 0) is 6.42 Å². The Balaban J connectivity index is 1.80. The van der Waals surface area contributed by atoms with E-state index in [2.05, 4.69) is 28.5 Å². The average molecular weight is 242 g/mol. The van der Waals surface area contributed by atoms with Gasteiger partial charge in [0, 0.05) is 5.56 Å². The molecule has 1 N–H and O–H groups in total. The van der Waals surface area contributed by atoms with Crippen molar-refractivity contribution >= 4 is 12.4 Å². The fraction of sp³-hybridized carbons (Fsp3) is 0.400. The third-order valence-corrected chi connectivity index (χ3v) is 3.68. The Bertz CT molecular complexity index is 497. The monoisotopic (exact) mass is 242 g/mol. The van der Waals surface area contributed by atoms with Crippen LogP contribution in [0.15, 0.2) is 28.8 Å². The van der Waals surface area contributed by atoms with E-state index in [1.807, 2.05) is 12.4 Å². The van der Waals surface area contributed by atoms with Gasteiger partial charge in [0.25, 0.3) is 0 Å². The number of nitrogens with zero attached hydrogens (tertiary/aromatic N) is 1. The smallest absolute Gasteiger partial charge is 0.122 e. The summed E-state index contributed by atoms with van der Waals surface area (Å²) < 4.78 is 5.42. The van der Waals surface area contributed by atoms with E-state index in [0.29, 0.717) is 6.04 Å². The van der Waals surface area contributed by atoms with Gasteiger partial charge < -0.3 is 10.1 Å². The van der Waals surface area contributed by atoms with Gasteiger partial charge in [-0.15, -0.1) is 0 Å². The molecule has 1 heterocycles. The van der Waals surface area contributed by atoms with Crippen LogP contribution in [0.3, 0.4) is 0 Å². The number of hydrogen-bond donors (Lipinski definition) is 1. The largest absolute Gasteiger partial charge is 0.496 e. The minimum absolute atomic E-state index is 0.489. The van der Waals surface area contributed by atoms with Crippen LogP contribution in [0.25, 0.3) is 6.08 Å². The SMILES string of the molecule is COc1cccc2c1CCC(CC1CN=CN1)=C2. The molecule has 0 saturated carbocycles. The predicted molar refractivity (Wildman–Crippen MR) is 74.2 cm³/mol. The first-order valence-electron chi connectivity index (χ1n) is 6.46. The fourth-order valence-electron chi connectivity index (χ4n) is 2.75. The van der Waals surface area contributed by atoms with E-state index in [1.54, 1.807) is 7.11 Å². The Morgan fingerprint density at radius 1 is 1.39 bits per heavy atom. The van der Waals surface area contributed by atoms with E-state index in [9.17, 15) is 0 Å². The Morgan fingerprint density at radius 3 is 3.11 bits per heavy atom. The summed E-state index contributed by atoms with van der Waals surface area (Å²) in [4.78, 5) is 4.22. The minimum atomic E-state index is 0.489. The van der Waals surface area contributed by atoms with E-state index in [1.165, 1.54) is 16.7 Å². The molecule has 0 fully saturated rings. The van der Waals surface area contributed by atoms with E-state index < -0.39 is 0 Å². The van der Waals surface area contributed by atoms with Crippen molar-refractivity contribution in [1.29, 1.82) is 0 Å². The molecule has 1 aromatic carbocycles. The molecule has 0 radical (unpaired) electrons. The molecule has 0 spiro atoms. The number of rotatable bonds is 3. The maximum Gasteiger partial charge on any atom is 0.122 e. The lowest BCUT2D eigenvalue weighted by atomic mass is 9.88. The zero-order valence-electron chi connectivity index (χ0n) is 10.6. The predicted octanol–water partition coefficient (Wildman–Crippen LogP) is 2.42. The molecule has 2 aliphatic rings. The minimum Gasteiger partial charge on any atom is -0.496 e. The Morgan fingerprint density at radius 2 is 2.33 bits per heavy atom. The molecule has 0 amide bonds. The topological polar surface area (TPSA) is 33.6 Å². The van der Waals surface area contributed by atoms with Crippen molar-refractivity contribution in [3.63, 3.8) is 0 Å². The second kappa shape index (κ2) is 4.84. The van der Waals surface area contributed by atoms with Crippen molar-refractivity contribution in [2.24, 2.45) is 4.99 Å². The van der Waals surface area contributed by atoms with E-state index in [-0.39, 0.29) is 0 Å². The third-order valence-electron chi connectivity index (χ3n) is 3.68. The molecule has 0 saturated heterocycles. The Hall–Kier alpha value is -1.77. The summed E-state index contributed by atoms with van der Waals surface area (Å²) in [6.45, 7) is 0.905. The van der Waals surface area contributed by atoms with Crippen molar-refractivity contribution in [3.05, 3.63) is 34.9 Å². The van der Waals surface area contributed by atoms with Crippen LogP contribution in [-0.4, -0.2) is 26.0 Å². The summed E-state index contributed by atoms with van der Waals surface area (Å²) in [5.74, 6) is 1.02. The zero-order valence-corrected chi connectivity index (χ0v) is 10.6. The molecule has 1 aromatic rings. The third kappa shape index (κ3) is 2.13. The van der Waals surface area contributed by atoms with Crippen molar-refractivity contribution in [3.8, 4) is 5.75 Å². The van der Waals surface area contributed by atoms with Gasteiger partial charge >= 0.3 is 0 Å². The highest BCUT2D eigenvalue weighted by Crippen LogP contribution is 2.32. The molecule has 3 rings (SSSR count). The quantitative estimate of drug-likeness (QED) is 0.883. The highest BCUT2D eigenvalue weighted by molar-refractivity contribution is 5.63. The van der Waals surface area contributed by atoms with Crippen molar-refractivity contribution in [1.82, 2.24) is 5.32 Å². The zero-order chi connectivity index (χ0) is 12.4.